The fourth-order valence-electron chi connectivity index (χ4n) is 1.96. The SMILES string of the molecule is Cc1cc(NCCCCn2cnnc2)ccc1[N+](=O)[O-]. The average molecular weight is 275 g/mol. The highest BCUT2D eigenvalue weighted by atomic mass is 16.6. The summed E-state index contributed by atoms with van der Waals surface area (Å²) in [6, 6.07) is 5.08. The molecular weight excluding hydrogens is 258 g/mol. The smallest absolute Gasteiger partial charge is 0.272 e. The number of nitro benzene ring substituents is 1. The summed E-state index contributed by atoms with van der Waals surface area (Å²) >= 11 is 0. The first-order valence-corrected chi connectivity index (χ1v) is 6.48. The summed E-state index contributed by atoms with van der Waals surface area (Å²) in [7, 11) is 0. The summed E-state index contributed by atoms with van der Waals surface area (Å²) in [5.74, 6) is 0. The fourth-order valence-corrected chi connectivity index (χ4v) is 1.96. The number of nitrogens with zero attached hydrogens (tertiary/aromatic N) is 4. The Hall–Kier alpha value is -2.44. The van der Waals surface area contributed by atoms with E-state index in [4.69, 9.17) is 0 Å². The van der Waals surface area contributed by atoms with Crippen molar-refractivity contribution in [2.24, 2.45) is 0 Å². The number of nitro groups is 1. The number of nitrogens with one attached hydrogen (secondary N) is 1. The van der Waals surface area contributed by atoms with E-state index in [0.717, 1.165) is 31.6 Å². The Morgan fingerprint density at radius 2 is 2.05 bits per heavy atom. The minimum Gasteiger partial charge on any atom is -0.385 e. The molecule has 0 bridgehead atoms. The molecule has 0 saturated carbocycles. The molecule has 2 rings (SSSR count). The lowest BCUT2D eigenvalue weighted by Crippen LogP contribution is -2.04. The van der Waals surface area contributed by atoms with Crippen molar-refractivity contribution < 1.29 is 4.92 Å². The molecule has 0 radical (unpaired) electrons. The molecule has 20 heavy (non-hydrogen) atoms. The number of aromatic nitrogens is 3. The van der Waals surface area contributed by atoms with Crippen LogP contribution < -0.4 is 5.32 Å². The van der Waals surface area contributed by atoms with Crippen LogP contribution in [-0.2, 0) is 6.54 Å². The summed E-state index contributed by atoms with van der Waals surface area (Å²) in [5, 5.41) is 21.5. The van der Waals surface area contributed by atoms with Gasteiger partial charge in [0.15, 0.2) is 0 Å². The molecular formula is C13H17N5O2. The van der Waals surface area contributed by atoms with Gasteiger partial charge < -0.3 is 9.88 Å². The average Bonchev–Trinajstić information content (AvgIpc) is 2.91. The van der Waals surface area contributed by atoms with Crippen LogP contribution in [0.2, 0.25) is 0 Å². The highest BCUT2D eigenvalue weighted by Gasteiger charge is 2.09. The van der Waals surface area contributed by atoms with Crippen LogP contribution in [0.1, 0.15) is 18.4 Å². The van der Waals surface area contributed by atoms with Crippen LogP contribution in [-0.4, -0.2) is 26.2 Å². The Morgan fingerprint density at radius 3 is 2.70 bits per heavy atom. The van der Waals surface area contributed by atoms with Crippen molar-refractivity contribution in [1.29, 1.82) is 0 Å². The van der Waals surface area contributed by atoms with E-state index in [1.165, 1.54) is 6.07 Å². The zero-order valence-electron chi connectivity index (χ0n) is 11.3. The molecule has 0 aliphatic carbocycles. The predicted molar refractivity (Wildman–Crippen MR) is 75.6 cm³/mol. The Morgan fingerprint density at radius 1 is 1.30 bits per heavy atom. The number of hydrogen-bond acceptors (Lipinski definition) is 5. The molecule has 106 valence electrons. The number of benzene rings is 1. The van der Waals surface area contributed by atoms with E-state index in [9.17, 15) is 10.1 Å². The maximum atomic E-state index is 10.7. The minimum atomic E-state index is -0.363. The highest BCUT2D eigenvalue weighted by molar-refractivity contribution is 5.53. The van der Waals surface area contributed by atoms with Crippen LogP contribution in [0.4, 0.5) is 11.4 Å². The standard InChI is InChI=1S/C13H17N5O2/c1-11-8-12(4-5-13(11)18(19)20)14-6-2-3-7-17-9-15-16-10-17/h4-5,8-10,14H,2-3,6-7H2,1H3. The molecule has 0 amide bonds. The monoisotopic (exact) mass is 275 g/mol. The Balaban J connectivity index is 1.74. The van der Waals surface area contributed by atoms with Gasteiger partial charge in [0.25, 0.3) is 5.69 Å². The molecule has 1 N–H and O–H groups in total. The third-order valence-corrected chi connectivity index (χ3v) is 3.03. The van der Waals surface area contributed by atoms with Crippen LogP contribution in [0.15, 0.2) is 30.9 Å². The molecule has 1 aromatic carbocycles. The zero-order chi connectivity index (χ0) is 14.4. The lowest BCUT2D eigenvalue weighted by Gasteiger charge is -2.07. The molecule has 7 heteroatoms. The number of rotatable bonds is 7. The van der Waals surface area contributed by atoms with Crippen LogP contribution in [0.5, 0.6) is 0 Å². The molecule has 7 nitrogen and oxygen atoms in total. The van der Waals surface area contributed by atoms with Gasteiger partial charge in [-0.15, -0.1) is 10.2 Å². The first kappa shape index (κ1) is 14.0. The third-order valence-electron chi connectivity index (χ3n) is 3.03. The van der Waals surface area contributed by atoms with Crippen molar-refractivity contribution in [1.82, 2.24) is 14.8 Å². The van der Waals surface area contributed by atoms with Crippen LogP contribution in [0.3, 0.4) is 0 Å². The Kier molecular flexibility index (Phi) is 4.65. The molecule has 0 saturated heterocycles. The van der Waals surface area contributed by atoms with Gasteiger partial charge in [0.05, 0.1) is 4.92 Å². The number of unbranched alkanes of at least 4 members (excludes halogenated alkanes) is 1. The maximum Gasteiger partial charge on any atom is 0.272 e. The Bertz CT molecular complexity index is 568. The van der Waals surface area contributed by atoms with E-state index in [2.05, 4.69) is 15.5 Å². The summed E-state index contributed by atoms with van der Waals surface area (Å²) in [6.07, 6.45) is 5.44. The summed E-state index contributed by atoms with van der Waals surface area (Å²) in [6.45, 7) is 3.47. The van der Waals surface area contributed by atoms with E-state index < -0.39 is 0 Å². The van der Waals surface area contributed by atoms with Gasteiger partial charge in [-0.05, 0) is 31.9 Å². The lowest BCUT2D eigenvalue weighted by atomic mass is 10.2. The zero-order valence-corrected chi connectivity index (χ0v) is 11.3. The van der Waals surface area contributed by atoms with Crippen LogP contribution >= 0.6 is 0 Å². The van der Waals surface area contributed by atoms with Crippen molar-refractivity contribution in [2.75, 3.05) is 11.9 Å². The predicted octanol–water partition coefficient (Wildman–Crippen LogP) is 2.39. The van der Waals surface area contributed by atoms with E-state index in [1.54, 1.807) is 31.7 Å². The first-order chi connectivity index (χ1) is 9.66. The molecule has 1 heterocycles. The van der Waals surface area contributed by atoms with Gasteiger partial charge in [0, 0.05) is 30.4 Å². The number of anilines is 1. The van der Waals surface area contributed by atoms with Gasteiger partial charge in [-0.1, -0.05) is 0 Å². The van der Waals surface area contributed by atoms with Gasteiger partial charge in [0.1, 0.15) is 12.7 Å². The highest BCUT2D eigenvalue weighted by Crippen LogP contribution is 2.21. The lowest BCUT2D eigenvalue weighted by molar-refractivity contribution is -0.385. The number of aryl methyl sites for hydroxylation is 2. The van der Waals surface area contributed by atoms with Gasteiger partial charge >= 0.3 is 0 Å². The van der Waals surface area contributed by atoms with Crippen LogP contribution in [0.25, 0.3) is 0 Å². The normalized spacial score (nSPS) is 10.4. The van der Waals surface area contributed by atoms with Gasteiger partial charge in [0.2, 0.25) is 0 Å². The second kappa shape index (κ2) is 6.65. The second-order valence-electron chi connectivity index (χ2n) is 4.59. The van der Waals surface area contributed by atoms with E-state index in [-0.39, 0.29) is 10.6 Å². The quantitative estimate of drug-likeness (QED) is 0.476. The summed E-state index contributed by atoms with van der Waals surface area (Å²) in [4.78, 5) is 10.4. The Labute approximate surface area is 116 Å². The van der Waals surface area contributed by atoms with Crippen molar-refractivity contribution in [3.63, 3.8) is 0 Å². The minimum absolute atomic E-state index is 0.156. The molecule has 0 aliphatic heterocycles. The van der Waals surface area contributed by atoms with Gasteiger partial charge in [-0.3, -0.25) is 10.1 Å². The third kappa shape index (κ3) is 3.78. The van der Waals surface area contributed by atoms with E-state index in [0.29, 0.717) is 5.56 Å². The first-order valence-electron chi connectivity index (χ1n) is 6.48. The molecule has 1 aromatic heterocycles. The topological polar surface area (TPSA) is 85.9 Å². The molecule has 0 atom stereocenters. The van der Waals surface area contributed by atoms with Crippen LogP contribution in [0, 0.1) is 17.0 Å². The van der Waals surface area contributed by atoms with E-state index >= 15 is 0 Å². The van der Waals surface area contributed by atoms with Crippen molar-refractivity contribution in [2.45, 2.75) is 26.3 Å². The molecule has 2 aromatic rings. The molecule has 0 spiro atoms. The largest absolute Gasteiger partial charge is 0.385 e. The van der Waals surface area contributed by atoms with Crippen molar-refractivity contribution >= 4 is 11.4 Å². The van der Waals surface area contributed by atoms with Crippen molar-refractivity contribution in [3.8, 4) is 0 Å². The van der Waals surface area contributed by atoms with E-state index in [1.807, 2.05) is 4.57 Å². The summed E-state index contributed by atoms with van der Waals surface area (Å²) in [5.41, 5.74) is 1.74. The summed E-state index contributed by atoms with van der Waals surface area (Å²) < 4.78 is 1.94. The number of hydrogen-bond donors (Lipinski definition) is 1. The fraction of sp³-hybridized carbons (Fsp3) is 0.385. The molecule has 0 aliphatic rings. The molecule has 0 unspecified atom stereocenters. The van der Waals surface area contributed by atoms with Crippen molar-refractivity contribution in [3.05, 3.63) is 46.5 Å². The second-order valence-corrected chi connectivity index (χ2v) is 4.59. The van der Waals surface area contributed by atoms with Gasteiger partial charge in [-0.25, -0.2) is 0 Å². The maximum absolute atomic E-state index is 10.7. The molecule has 0 fully saturated rings. The van der Waals surface area contributed by atoms with Gasteiger partial charge in [-0.2, -0.15) is 0 Å².